The van der Waals surface area contributed by atoms with E-state index in [1.165, 1.54) is 6.07 Å². The SMILES string of the molecule is CC(C)(C)[Si](C)(C)ONC(=O)[C@H]1C2CCC(CC2)[C@@H]1Nc1nc(-c2[nH]nc3ncc(F)cc23)ncc1F. The Morgan fingerprint density at radius 1 is 1.11 bits per heavy atom. The highest BCUT2D eigenvalue weighted by Crippen LogP contribution is 2.46. The summed E-state index contributed by atoms with van der Waals surface area (Å²) < 4.78 is 34.8. The van der Waals surface area contributed by atoms with Gasteiger partial charge in [-0.3, -0.25) is 9.89 Å². The number of fused-ring (bicyclic) bond motifs is 4. The third-order valence-electron chi connectivity index (χ3n) is 8.38. The van der Waals surface area contributed by atoms with E-state index in [2.05, 4.69) is 69.8 Å². The summed E-state index contributed by atoms with van der Waals surface area (Å²) in [6, 6.07) is 0.981. The summed E-state index contributed by atoms with van der Waals surface area (Å²) in [5, 5.41) is 10.4. The minimum atomic E-state index is -2.20. The number of carbonyl (C=O) groups excluding carboxylic acids is 1. The quantitative estimate of drug-likeness (QED) is 0.305. The predicted octanol–water partition coefficient (Wildman–Crippen LogP) is 4.96. The second-order valence-electron chi connectivity index (χ2n) is 11.7. The number of hydrogen-bond donors (Lipinski definition) is 3. The van der Waals surface area contributed by atoms with Gasteiger partial charge in [-0.1, -0.05) is 20.8 Å². The lowest BCUT2D eigenvalue weighted by molar-refractivity contribution is -0.138. The fourth-order valence-corrected chi connectivity index (χ4v) is 5.89. The van der Waals surface area contributed by atoms with Crippen molar-refractivity contribution < 1.29 is 18.1 Å². The van der Waals surface area contributed by atoms with Crippen molar-refractivity contribution in [3.8, 4) is 11.5 Å². The van der Waals surface area contributed by atoms with Gasteiger partial charge in [0.2, 0.25) is 14.2 Å². The maximum Gasteiger partial charge on any atom is 0.248 e. The van der Waals surface area contributed by atoms with Crippen molar-refractivity contribution in [3.63, 3.8) is 0 Å². The molecule has 12 heteroatoms. The Morgan fingerprint density at radius 2 is 1.81 bits per heavy atom. The van der Waals surface area contributed by atoms with Crippen LogP contribution in [0.15, 0.2) is 18.5 Å². The molecule has 0 spiro atoms. The molecular weight excluding hydrogens is 496 g/mol. The van der Waals surface area contributed by atoms with Gasteiger partial charge >= 0.3 is 0 Å². The minimum absolute atomic E-state index is 0.00206. The first-order chi connectivity index (χ1) is 17.4. The first-order valence-electron chi connectivity index (χ1n) is 12.7. The molecule has 0 unspecified atom stereocenters. The Kier molecular flexibility index (Phi) is 6.51. The third-order valence-corrected chi connectivity index (χ3v) is 12.6. The number of anilines is 1. The van der Waals surface area contributed by atoms with Gasteiger partial charge in [0.05, 0.1) is 23.7 Å². The Hall–Kier alpha value is -2.99. The number of aromatic nitrogens is 5. The highest BCUT2D eigenvalue weighted by Gasteiger charge is 2.48. The van der Waals surface area contributed by atoms with Gasteiger partial charge in [-0.05, 0) is 61.7 Å². The standard InChI is InChI=1S/C25H33F2N7O2Si/c1-25(2,3)37(4,5)36-34-24(35)18-13-6-8-14(9-7-13)19(18)30-22-17(27)12-29-23(31-22)20-16-10-15(26)11-28-21(16)33-32-20/h10-14,18-19H,6-9H2,1-5H3,(H,34,35)(H,28,32,33)(H,29,30,31)/t13?,14?,18-,19-/m0/s1. The molecule has 3 aromatic heterocycles. The highest BCUT2D eigenvalue weighted by molar-refractivity contribution is 6.74. The Bertz CT molecular complexity index is 1320. The van der Waals surface area contributed by atoms with Crippen molar-refractivity contribution in [3.05, 3.63) is 30.1 Å². The van der Waals surface area contributed by atoms with Crippen LogP contribution in [0.4, 0.5) is 14.6 Å². The average Bonchev–Trinajstić information content (AvgIpc) is 3.27. The van der Waals surface area contributed by atoms with E-state index in [-0.39, 0.29) is 46.4 Å². The van der Waals surface area contributed by atoms with E-state index in [1.807, 2.05) is 0 Å². The summed E-state index contributed by atoms with van der Waals surface area (Å²) in [5.74, 6) is -1.16. The molecule has 0 radical (unpaired) electrons. The summed E-state index contributed by atoms with van der Waals surface area (Å²) in [5.41, 5.74) is 3.42. The first-order valence-corrected chi connectivity index (χ1v) is 15.6. The summed E-state index contributed by atoms with van der Waals surface area (Å²) in [7, 11) is -2.20. The normalized spacial score (nSPS) is 23.9. The van der Waals surface area contributed by atoms with E-state index in [9.17, 15) is 13.6 Å². The van der Waals surface area contributed by atoms with Crippen LogP contribution in [-0.2, 0) is 9.32 Å². The van der Waals surface area contributed by atoms with Gasteiger partial charge in [0.1, 0.15) is 11.5 Å². The molecule has 3 fully saturated rings. The van der Waals surface area contributed by atoms with Gasteiger partial charge in [0.25, 0.3) is 0 Å². The van der Waals surface area contributed by atoms with Crippen LogP contribution in [0.25, 0.3) is 22.6 Å². The Morgan fingerprint density at radius 3 is 2.51 bits per heavy atom. The summed E-state index contributed by atoms with van der Waals surface area (Å²) in [6.45, 7) is 10.5. The number of hydrogen-bond acceptors (Lipinski definition) is 7. The second-order valence-corrected chi connectivity index (χ2v) is 16.4. The maximum atomic E-state index is 14.9. The second kappa shape index (κ2) is 9.39. The van der Waals surface area contributed by atoms with Crippen molar-refractivity contribution in [2.75, 3.05) is 5.32 Å². The van der Waals surface area contributed by atoms with E-state index in [4.69, 9.17) is 4.53 Å². The Labute approximate surface area is 215 Å². The molecule has 3 N–H and O–H groups in total. The number of halogens is 2. The zero-order valence-electron chi connectivity index (χ0n) is 21.7. The molecule has 37 heavy (non-hydrogen) atoms. The van der Waals surface area contributed by atoms with Crippen LogP contribution in [0.1, 0.15) is 46.5 Å². The zero-order valence-corrected chi connectivity index (χ0v) is 22.7. The minimum Gasteiger partial charge on any atom is -0.364 e. The number of carbonyl (C=O) groups is 1. The molecule has 0 aromatic carbocycles. The van der Waals surface area contributed by atoms with E-state index in [0.29, 0.717) is 16.7 Å². The van der Waals surface area contributed by atoms with Crippen molar-refractivity contribution >= 4 is 31.1 Å². The van der Waals surface area contributed by atoms with Crippen molar-refractivity contribution in [1.29, 1.82) is 0 Å². The van der Waals surface area contributed by atoms with Gasteiger partial charge in [-0.25, -0.2) is 29.2 Å². The zero-order chi connectivity index (χ0) is 26.5. The lowest BCUT2D eigenvalue weighted by Gasteiger charge is -2.48. The molecule has 3 aromatic rings. The first kappa shape index (κ1) is 25.6. The number of rotatable bonds is 6. The Balaban J connectivity index is 1.41. The molecule has 9 nitrogen and oxygen atoms in total. The van der Waals surface area contributed by atoms with Crippen LogP contribution in [-0.4, -0.2) is 45.4 Å². The summed E-state index contributed by atoms with van der Waals surface area (Å²) in [4.78, 5) is 25.9. The smallest absolute Gasteiger partial charge is 0.248 e. The fraction of sp³-hybridized carbons (Fsp3) is 0.560. The average molecular weight is 530 g/mol. The van der Waals surface area contributed by atoms with Crippen LogP contribution < -0.4 is 10.8 Å². The van der Waals surface area contributed by atoms with Crippen molar-refractivity contribution in [1.82, 2.24) is 30.6 Å². The molecule has 2 atom stereocenters. The van der Waals surface area contributed by atoms with E-state index < -0.39 is 20.0 Å². The monoisotopic (exact) mass is 529 g/mol. The molecule has 0 saturated heterocycles. The molecule has 6 rings (SSSR count). The molecule has 0 aliphatic heterocycles. The largest absolute Gasteiger partial charge is 0.364 e. The molecule has 2 bridgehead atoms. The molecule has 1 amide bonds. The van der Waals surface area contributed by atoms with Crippen LogP contribution in [0, 0.1) is 29.4 Å². The van der Waals surface area contributed by atoms with Crippen LogP contribution in [0.5, 0.6) is 0 Å². The molecular formula is C25H33F2N7O2Si. The van der Waals surface area contributed by atoms with Crippen LogP contribution in [0.3, 0.4) is 0 Å². The molecule has 3 heterocycles. The van der Waals surface area contributed by atoms with Gasteiger partial charge in [0.15, 0.2) is 23.1 Å². The number of nitrogens with one attached hydrogen (secondary N) is 3. The fourth-order valence-electron chi connectivity index (χ4n) is 5.22. The lowest BCUT2D eigenvalue weighted by atomic mass is 9.61. The lowest BCUT2D eigenvalue weighted by Crippen LogP contribution is -2.56. The topological polar surface area (TPSA) is 118 Å². The summed E-state index contributed by atoms with van der Waals surface area (Å²) in [6.07, 6.45) is 5.98. The molecule has 198 valence electrons. The predicted molar refractivity (Wildman–Crippen MR) is 138 cm³/mol. The van der Waals surface area contributed by atoms with E-state index in [0.717, 1.165) is 38.1 Å². The number of aromatic amines is 1. The van der Waals surface area contributed by atoms with E-state index >= 15 is 0 Å². The van der Waals surface area contributed by atoms with E-state index in [1.54, 1.807) is 0 Å². The van der Waals surface area contributed by atoms with Crippen molar-refractivity contribution in [2.45, 2.75) is 70.6 Å². The van der Waals surface area contributed by atoms with Crippen LogP contribution >= 0.6 is 0 Å². The van der Waals surface area contributed by atoms with Gasteiger partial charge in [-0.2, -0.15) is 5.10 Å². The van der Waals surface area contributed by atoms with Gasteiger partial charge in [-0.15, -0.1) is 0 Å². The highest BCUT2D eigenvalue weighted by atomic mass is 28.4. The third kappa shape index (κ3) is 4.84. The molecule has 3 saturated carbocycles. The van der Waals surface area contributed by atoms with Gasteiger partial charge in [0, 0.05) is 6.04 Å². The summed E-state index contributed by atoms with van der Waals surface area (Å²) >= 11 is 0. The number of pyridine rings is 1. The van der Waals surface area contributed by atoms with Crippen molar-refractivity contribution in [2.24, 2.45) is 17.8 Å². The van der Waals surface area contributed by atoms with Gasteiger partial charge < -0.3 is 9.84 Å². The molecule has 3 aliphatic rings. The van der Waals surface area contributed by atoms with Crippen LogP contribution in [0.2, 0.25) is 18.1 Å². The maximum absolute atomic E-state index is 14.9. The number of hydroxylamine groups is 1. The number of amides is 1. The number of H-pyrrole nitrogens is 1. The number of nitrogens with zero attached hydrogens (tertiary/aromatic N) is 4. The molecule has 3 aliphatic carbocycles.